The number of ether oxygens (including phenoxy) is 1. The predicted molar refractivity (Wildman–Crippen MR) is 48.8 cm³/mol. The monoisotopic (exact) mass is 173 g/mol. The van der Waals surface area contributed by atoms with Crippen LogP contribution >= 0.6 is 0 Å². The van der Waals surface area contributed by atoms with Crippen LogP contribution < -0.4 is 5.73 Å². The van der Waals surface area contributed by atoms with Gasteiger partial charge in [0.25, 0.3) is 0 Å². The molecule has 0 spiro atoms. The van der Waals surface area contributed by atoms with Gasteiger partial charge >= 0.3 is 0 Å². The molecule has 3 N–H and O–H groups in total. The second kappa shape index (κ2) is 4.80. The van der Waals surface area contributed by atoms with Gasteiger partial charge in [-0.15, -0.1) is 0 Å². The Balaban J connectivity index is 2.24. The first-order chi connectivity index (χ1) is 5.72. The second-order valence-electron chi connectivity index (χ2n) is 3.72. The Labute approximate surface area is 74.9 Å². The normalized spacial score (nSPS) is 32.2. The van der Waals surface area contributed by atoms with Gasteiger partial charge in [0.15, 0.2) is 0 Å². The molecule has 1 fully saturated rings. The van der Waals surface area contributed by atoms with E-state index in [9.17, 15) is 0 Å². The predicted octanol–water partition coefficient (Wildman–Crippen LogP) is -0.272. The molecule has 0 aromatic rings. The molecule has 1 saturated heterocycles. The van der Waals surface area contributed by atoms with Crippen molar-refractivity contribution in [3.05, 3.63) is 0 Å². The number of hydrogen-bond acceptors (Lipinski definition) is 2. The highest BCUT2D eigenvalue weighted by Crippen LogP contribution is 2.10. The van der Waals surface area contributed by atoms with E-state index in [-0.39, 0.29) is 0 Å². The lowest BCUT2D eigenvalue weighted by Gasteiger charge is -2.35. The number of nitrogens with zero attached hydrogens (tertiary/aromatic N) is 1. The molecule has 0 saturated carbocycles. The molecule has 1 rings (SSSR count). The molecule has 0 aromatic heterocycles. The zero-order chi connectivity index (χ0) is 8.97. The Hall–Kier alpha value is -0.120. The van der Waals surface area contributed by atoms with Crippen LogP contribution in [-0.2, 0) is 4.74 Å². The van der Waals surface area contributed by atoms with E-state index in [4.69, 9.17) is 4.74 Å². The summed E-state index contributed by atoms with van der Waals surface area (Å²) in [5.41, 5.74) is 3.85. The lowest BCUT2D eigenvalue weighted by Crippen LogP contribution is -2.52. The summed E-state index contributed by atoms with van der Waals surface area (Å²) in [6, 6.07) is 0. The summed E-state index contributed by atoms with van der Waals surface area (Å²) in [6.45, 7) is 8.69. The van der Waals surface area contributed by atoms with Gasteiger partial charge in [0.2, 0.25) is 0 Å². The van der Waals surface area contributed by atoms with Gasteiger partial charge in [-0.3, -0.25) is 4.90 Å². The summed E-state index contributed by atoms with van der Waals surface area (Å²) in [5.74, 6) is 0. The summed E-state index contributed by atoms with van der Waals surface area (Å²) in [4.78, 5) is 2.48. The minimum Gasteiger partial charge on any atom is -0.373 e. The maximum Gasteiger partial charge on any atom is 0.0752 e. The first-order valence-corrected chi connectivity index (χ1v) is 4.89. The van der Waals surface area contributed by atoms with Crippen LogP contribution in [0.3, 0.4) is 0 Å². The van der Waals surface area contributed by atoms with Crippen LogP contribution in [0, 0.1) is 0 Å². The van der Waals surface area contributed by atoms with Crippen molar-refractivity contribution in [2.75, 3.05) is 26.2 Å². The van der Waals surface area contributed by atoms with E-state index in [2.05, 4.69) is 24.5 Å². The fraction of sp³-hybridized carbons (Fsp3) is 1.00. The molecular weight excluding hydrogens is 152 g/mol. The molecular formula is C9H21N2O+. The van der Waals surface area contributed by atoms with Gasteiger partial charge in [-0.25, -0.2) is 0 Å². The van der Waals surface area contributed by atoms with Crippen LogP contribution in [0.5, 0.6) is 0 Å². The van der Waals surface area contributed by atoms with E-state index >= 15 is 0 Å². The van der Waals surface area contributed by atoms with Crippen molar-refractivity contribution >= 4 is 0 Å². The highest BCUT2D eigenvalue weighted by Gasteiger charge is 2.21. The second-order valence-corrected chi connectivity index (χ2v) is 3.72. The third kappa shape index (κ3) is 3.09. The van der Waals surface area contributed by atoms with Gasteiger partial charge in [-0.2, -0.15) is 0 Å². The van der Waals surface area contributed by atoms with Crippen molar-refractivity contribution in [3.63, 3.8) is 0 Å². The molecule has 12 heavy (non-hydrogen) atoms. The maximum absolute atomic E-state index is 5.64. The van der Waals surface area contributed by atoms with E-state index in [0.29, 0.717) is 12.2 Å². The molecule has 2 atom stereocenters. The number of hydrogen-bond donors (Lipinski definition) is 1. The van der Waals surface area contributed by atoms with Gasteiger partial charge in [0.05, 0.1) is 18.8 Å². The number of rotatable bonds is 3. The Morgan fingerprint density at radius 1 is 1.33 bits per heavy atom. The third-order valence-electron chi connectivity index (χ3n) is 2.22. The van der Waals surface area contributed by atoms with Crippen LogP contribution in [0.1, 0.15) is 20.3 Å². The summed E-state index contributed by atoms with van der Waals surface area (Å²) < 4.78 is 5.64. The topological polar surface area (TPSA) is 40.1 Å². The highest BCUT2D eigenvalue weighted by molar-refractivity contribution is 4.72. The smallest absolute Gasteiger partial charge is 0.0752 e. The Morgan fingerprint density at radius 3 is 2.42 bits per heavy atom. The zero-order valence-corrected chi connectivity index (χ0v) is 8.25. The molecule has 0 amide bonds. The van der Waals surface area contributed by atoms with Crippen molar-refractivity contribution in [1.82, 2.24) is 4.90 Å². The van der Waals surface area contributed by atoms with Crippen LogP contribution in [0.25, 0.3) is 0 Å². The van der Waals surface area contributed by atoms with Gasteiger partial charge in [-0.05, 0) is 13.8 Å². The largest absolute Gasteiger partial charge is 0.373 e. The van der Waals surface area contributed by atoms with Crippen molar-refractivity contribution in [1.29, 1.82) is 0 Å². The van der Waals surface area contributed by atoms with E-state index in [1.807, 2.05) is 0 Å². The summed E-state index contributed by atoms with van der Waals surface area (Å²) in [5, 5.41) is 0. The zero-order valence-electron chi connectivity index (χ0n) is 8.25. The van der Waals surface area contributed by atoms with E-state index in [1.54, 1.807) is 0 Å². The van der Waals surface area contributed by atoms with Crippen molar-refractivity contribution in [2.24, 2.45) is 0 Å². The van der Waals surface area contributed by atoms with Crippen molar-refractivity contribution in [3.8, 4) is 0 Å². The summed E-state index contributed by atoms with van der Waals surface area (Å²) in [7, 11) is 0. The summed E-state index contributed by atoms with van der Waals surface area (Å²) in [6.07, 6.45) is 2.01. The maximum atomic E-state index is 5.64. The Morgan fingerprint density at radius 2 is 1.92 bits per heavy atom. The molecule has 0 unspecified atom stereocenters. The number of morpholine rings is 1. The van der Waals surface area contributed by atoms with Crippen LogP contribution in [0.2, 0.25) is 0 Å². The van der Waals surface area contributed by atoms with Crippen molar-refractivity contribution in [2.45, 2.75) is 32.5 Å². The molecule has 0 radical (unpaired) electrons. The molecule has 1 heterocycles. The number of quaternary nitrogens is 1. The summed E-state index contributed by atoms with van der Waals surface area (Å²) >= 11 is 0. The standard InChI is InChI=1S/C9H20N2O/c1-8-6-11(5-3-4-10)7-9(2)12-8/h8-9H,3-7,10H2,1-2H3/p+1/t8-,9-/m0/s1. The minimum atomic E-state index is 0.401. The molecule has 1 aliphatic heterocycles. The molecule has 72 valence electrons. The quantitative estimate of drug-likeness (QED) is 0.638. The first-order valence-electron chi connectivity index (χ1n) is 4.89. The molecule has 3 nitrogen and oxygen atoms in total. The molecule has 0 bridgehead atoms. The Bertz CT molecular complexity index is 120. The van der Waals surface area contributed by atoms with Crippen LogP contribution in [0.4, 0.5) is 0 Å². The SMILES string of the molecule is C[C@H]1CN(CCC[NH3+])C[C@H](C)O1. The van der Waals surface area contributed by atoms with E-state index in [1.165, 1.54) is 13.0 Å². The van der Waals surface area contributed by atoms with Gasteiger partial charge < -0.3 is 10.5 Å². The van der Waals surface area contributed by atoms with Crippen molar-refractivity contribution < 1.29 is 10.5 Å². The fourth-order valence-corrected chi connectivity index (χ4v) is 1.80. The highest BCUT2D eigenvalue weighted by atomic mass is 16.5. The van der Waals surface area contributed by atoms with E-state index in [0.717, 1.165) is 19.6 Å². The average Bonchev–Trinajstić information content (AvgIpc) is 1.99. The Kier molecular flexibility index (Phi) is 3.98. The van der Waals surface area contributed by atoms with Gasteiger partial charge in [0.1, 0.15) is 0 Å². The van der Waals surface area contributed by atoms with Crippen LogP contribution in [0.15, 0.2) is 0 Å². The fourth-order valence-electron chi connectivity index (χ4n) is 1.80. The van der Waals surface area contributed by atoms with Gasteiger partial charge in [-0.1, -0.05) is 0 Å². The molecule has 0 aromatic carbocycles. The lowest BCUT2D eigenvalue weighted by atomic mass is 10.2. The average molecular weight is 173 g/mol. The van der Waals surface area contributed by atoms with E-state index < -0.39 is 0 Å². The molecule has 3 heteroatoms. The van der Waals surface area contributed by atoms with Gasteiger partial charge in [0, 0.05) is 26.1 Å². The first kappa shape index (κ1) is 9.96. The third-order valence-corrected chi connectivity index (χ3v) is 2.22. The van der Waals surface area contributed by atoms with Crippen LogP contribution in [-0.4, -0.2) is 43.3 Å². The molecule has 1 aliphatic rings. The minimum absolute atomic E-state index is 0.401. The molecule has 0 aliphatic carbocycles. The lowest BCUT2D eigenvalue weighted by molar-refractivity contribution is -0.368.